The molecule has 0 bridgehead atoms. The molecule has 0 aliphatic rings. The third-order valence-corrected chi connectivity index (χ3v) is 2.76. The van der Waals surface area contributed by atoms with Crippen molar-refractivity contribution in [2.45, 2.75) is 39.7 Å². The molecule has 19 heavy (non-hydrogen) atoms. The lowest BCUT2D eigenvalue weighted by Gasteiger charge is -2.14. The SMILES string of the molecule is CCC(CCO)CNc1nc(Cl)nc(OC(C)C)n1. The Balaban J connectivity index is 2.64. The third kappa shape index (κ3) is 6.02. The maximum atomic E-state index is 8.94. The molecule has 7 heteroatoms. The second-order valence-corrected chi connectivity index (χ2v) is 4.88. The fourth-order valence-electron chi connectivity index (χ4n) is 1.54. The Kier molecular flexibility index (Phi) is 6.80. The minimum atomic E-state index is -0.0240. The molecule has 108 valence electrons. The van der Waals surface area contributed by atoms with Gasteiger partial charge in [0.15, 0.2) is 0 Å². The molecule has 0 saturated carbocycles. The Morgan fingerprint density at radius 3 is 2.63 bits per heavy atom. The first-order valence-corrected chi connectivity index (χ1v) is 6.85. The van der Waals surface area contributed by atoms with Crippen LogP contribution >= 0.6 is 11.6 Å². The van der Waals surface area contributed by atoms with Crippen LogP contribution in [0.5, 0.6) is 6.01 Å². The van der Waals surface area contributed by atoms with Crippen molar-refractivity contribution in [2.75, 3.05) is 18.5 Å². The van der Waals surface area contributed by atoms with E-state index in [0.717, 1.165) is 12.8 Å². The van der Waals surface area contributed by atoms with Crippen LogP contribution in [0.2, 0.25) is 5.28 Å². The van der Waals surface area contributed by atoms with E-state index in [1.54, 1.807) is 0 Å². The second-order valence-electron chi connectivity index (χ2n) is 4.54. The normalized spacial score (nSPS) is 12.5. The van der Waals surface area contributed by atoms with Crippen molar-refractivity contribution in [1.29, 1.82) is 0 Å². The zero-order chi connectivity index (χ0) is 14.3. The first-order chi connectivity index (χ1) is 9.05. The number of aliphatic hydroxyl groups excluding tert-OH is 1. The molecular weight excluding hydrogens is 268 g/mol. The number of rotatable bonds is 8. The van der Waals surface area contributed by atoms with E-state index >= 15 is 0 Å². The van der Waals surface area contributed by atoms with Crippen LogP contribution in [0, 0.1) is 5.92 Å². The zero-order valence-corrected chi connectivity index (χ0v) is 12.3. The van der Waals surface area contributed by atoms with Gasteiger partial charge in [0.2, 0.25) is 11.2 Å². The molecule has 6 nitrogen and oxygen atoms in total. The van der Waals surface area contributed by atoms with Gasteiger partial charge in [-0.1, -0.05) is 13.3 Å². The van der Waals surface area contributed by atoms with Crippen LogP contribution in [-0.2, 0) is 0 Å². The van der Waals surface area contributed by atoms with Crippen molar-refractivity contribution in [1.82, 2.24) is 15.0 Å². The summed E-state index contributed by atoms with van der Waals surface area (Å²) in [7, 11) is 0. The van der Waals surface area contributed by atoms with Gasteiger partial charge in [-0.25, -0.2) is 0 Å². The standard InChI is InChI=1S/C12H21ClN4O2/c1-4-9(5-6-18)7-14-11-15-10(13)16-12(17-11)19-8(2)3/h8-9,18H,4-7H2,1-3H3,(H,14,15,16,17). The van der Waals surface area contributed by atoms with E-state index in [0.29, 0.717) is 18.4 Å². The maximum Gasteiger partial charge on any atom is 0.322 e. The molecule has 0 spiro atoms. The van der Waals surface area contributed by atoms with E-state index in [1.165, 1.54) is 0 Å². The lowest BCUT2D eigenvalue weighted by Crippen LogP contribution is -2.17. The Bertz CT molecular complexity index is 390. The van der Waals surface area contributed by atoms with Crippen LogP contribution in [0.25, 0.3) is 0 Å². The van der Waals surface area contributed by atoms with Crippen molar-refractivity contribution < 1.29 is 9.84 Å². The number of hydrogen-bond donors (Lipinski definition) is 2. The van der Waals surface area contributed by atoms with E-state index in [1.807, 2.05) is 13.8 Å². The molecule has 0 aromatic carbocycles. The topological polar surface area (TPSA) is 80.2 Å². The summed E-state index contributed by atoms with van der Waals surface area (Å²) in [6, 6.07) is 0.215. The Labute approximate surface area is 118 Å². The number of hydrogen-bond acceptors (Lipinski definition) is 6. The molecule has 0 saturated heterocycles. The zero-order valence-electron chi connectivity index (χ0n) is 11.6. The lowest BCUT2D eigenvalue weighted by atomic mass is 10.0. The van der Waals surface area contributed by atoms with Crippen LogP contribution in [-0.4, -0.2) is 39.3 Å². The van der Waals surface area contributed by atoms with Crippen LogP contribution in [0.1, 0.15) is 33.6 Å². The van der Waals surface area contributed by atoms with Crippen molar-refractivity contribution in [3.63, 3.8) is 0 Å². The summed E-state index contributed by atoms with van der Waals surface area (Å²) < 4.78 is 5.39. The number of anilines is 1. The van der Waals surface area contributed by atoms with E-state index in [9.17, 15) is 0 Å². The van der Waals surface area contributed by atoms with Gasteiger partial charge in [-0.15, -0.1) is 0 Å². The largest absolute Gasteiger partial charge is 0.461 e. The van der Waals surface area contributed by atoms with Crippen LogP contribution in [0.4, 0.5) is 5.95 Å². The van der Waals surface area contributed by atoms with Gasteiger partial charge in [-0.3, -0.25) is 0 Å². The van der Waals surface area contributed by atoms with Crippen molar-refractivity contribution in [3.05, 3.63) is 5.28 Å². The number of halogens is 1. The molecule has 1 aromatic rings. The fraction of sp³-hybridized carbons (Fsp3) is 0.750. The van der Waals surface area contributed by atoms with Crippen molar-refractivity contribution in [3.8, 4) is 6.01 Å². The highest BCUT2D eigenvalue weighted by molar-refractivity contribution is 6.28. The molecule has 0 aliphatic heterocycles. The van der Waals surface area contributed by atoms with E-state index < -0.39 is 0 Å². The second kappa shape index (κ2) is 8.12. The number of nitrogens with one attached hydrogen (secondary N) is 1. The maximum absolute atomic E-state index is 8.94. The van der Waals surface area contributed by atoms with Crippen LogP contribution in [0.3, 0.4) is 0 Å². The van der Waals surface area contributed by atoms with Crippen molar-refractivity contribution >= 4 is 17.5 Å². The average molecular weight is 289 g/mol. The summed E-state index contributed by atoms with van der Waals surface area (Å²) in [5.41, 5.74) is 0. The summed E-state index contributed by atoms with van der Waals surface area (Å²) in [6.45, 7) is 6.71. The molecule has 0 aliphatic carbocycles. The van der Waals surface area contributed by atoms with E-state index in [2.05, 4.69) is 27.2 Å². The Hall–Kier alpha value is -1.14. The van der Waals surface area contributed by atoms with Gasteiger partial charge in [0.1, 0.15) is 0 Å². The smallest absolute Gasteiger partial charge is 0.322 e. The lowest BCUT2D eigenvalue weighted by molar-refractivity contribution is 0.221. The summed E-state index contributed by atoms with van der Waals surface area (Å²) in [4.78, 5) is 12.0. The number of ether oxygens (including phenoxy) is 1. The minimum absolute atomic E-state index is 0.0240. The molecular formula is C12H21ClN4O2. The van der Waals surface area contributed by atoms with Gasteiger partial charge in [0.05, 0.1) is 6.10 Å². The summed E-state index contributed by atoms with van der Waals surface area (Å²) in [5, 5.41) is 12.1. The number of aromatic nitrogens is 3. The first-order valence-electron chi connectivity index (χ1n) is 6.48. The summed E-state index contributed by atoms with van der Waals surface area (Å²) in [5.74, 6) is 0.766. The monoisotopic (exact) mass is 288 g/mol. The molecule has 1 rings (SSSR count). The third-order valence-electron chi connectivity index (χ3n) is 2.59. The van der Waals surface area contributed by atoms with E-state index in [-0.39, 0.29) is 24.0 Å². The number of nitrogens with zero attached hydrogens (tertiary/aromatic N) is 3. The molecule has 1 atom stereocenters. The molecule has 1 heterocycles. The summed E-state index contributed by atoms with van der Waals surface area (Å²) in [6.07, 6.45) is 1.70. The quantitative estimate of drug-likeness (QED) is 0.763. The first kappa shape index (κ1) is 15.9. The molecule has 1 unspecified atom stereocenters. The molecule has 0 fully saturated rings. The Morgan fingerprint density at radius 2 is 2.05 bits per heavy atom. The predicted octanol–water partition coefficient (Wildman–Crippen LogP) is 2.13. The van der Waals surface area contributed by atoms with Gasteiger partial charge in [-0.05, 0) is 37.8 Å². The van der Waals surface area contributed by atoms with E-state index in [4.69, 9.17) is 21.4 Å². The highest BCUT2D eigenvalue weighted by Gasteiger charge is 2.10. The van der Waals surface area contributed by atoms with Gasteiger partial charge in [0, 0.05) is 13.2 Å². The van der Waals surface area contributed by atoms with Crippen molar-refractivity contribution in [2.24, 2.45) is 5.92 Å². The number of aliphatic hydroxyl groups is 1. The average Bonchev–Trinajstić information content (AvgIpc) is 2.33. The molecule has 1 aromatic heterocycles. The van der Waals surface area contributed by atoms with Crippen LogP contribution < -0.4 is 10.1 Å². The highest BCUT2D eigenvalue weighted by atomic mass is 35.5. The molecule has 0 amide bonds. The summed E-state index contributed by atoms with van der Waals surface area (Å²) >= 11 is 5.82. The van der Waals surface area contributed by atoms with Crippen LogP contribution in [0.15, 0.2) is 0 Å². The van der Waals surface area contributed by atoms with Gasteiger partial charge in [-0.2, -0.15) is 15.0 Å². The predicted molar refractivity (Wildman–Crippen MR) is 74.6 cm³/mol. The molecule has 2 N–H and O–H groups in total. The Morgan fingerprint density at radius 1 is 1.32 bits per heavy atom. The highest BCUT2D eigenvalue weighted by Crippen LogP contribution is 2.14. The van der Waals surface area contributed by atoms with Gasteiger partial charge >= 0.3 is 6.01 Å². The minimum Gasteiger partial charge on any atom is -0.461 e. The fourth-order valence-corrected chi connectivity index (χ4v) is 1.70. The van der Waals surface area contributed by atoms with Gasteiger partial charge < -0.3 is 15.2 Å². The van der Waals surface area contributed by atoms with Gasteiger partial charge in [0.25, 0.3) is 0 Å². The molecule has 0 radical (unpaired) electrons.